The summed E-state index contributed by atoms with van der Waals surface area (Å²) in [7, 11) is 0. The highest BCUT2D eigenvalue weighted by Crippen LogP contribution is 2.29. The molecule has 4 rings (SSSR count). The molecule has 6 heteroatoms. The van der Waals surface area contributed by atoms with E-state index in [4.69, 9.17) is 4.74 Å². The highest BCUT2D eigenvalue weighted by atomic mass is 79.9. The predicted molar refractivity (Wildman–Crippen MR) is 124 cm³/mol. The maximum atomic E-state index is 9.66. The Morgan fingerprint density at radius 3 is 2.74 bits per heavy atom. The number of ether oxygens (including phenoxy) is 1. The molecule has 5 nitrogen and oxygen atoms in total. The van der Waals surface area contributed by atoms with E-state index in [0.29, 0.717) is 29.3 Å². The zero-order chi connectivity index (χ0) is 21.8. The van der Waals surface area contributed by atoms with Crippen molar-refractivity contribution in [1.82, 2.24) is 9.97 Å². The number of rotatable bonds is 5. The number of aromatic nitrogens is 2. The molecule has 0 atom stereocenters. The fourth-order valence-corrected chi connectivity index (χ4v) is 3.72. The quantitative estimate of drug-likeness (QED) is 0.356. The fraction of sp³-hybridized carbons (Fsp3) is 0.0800. The van der Waals surface area contributed by atoms with Gasteiger partial charge < -0.3 is 9.72 Å². The molecule has 0 aliphatic heterocycles. The topological polar surface area (TPSA) is 85.5 Å². The van der Waals surface area contributed by atoms with Crippen molar-refractivity contribution in [1.29, 1.82) is 10.5 Å². The van der Waals surface area contributed by atoms with E-state index >= 15 is 0 Å². The maximum absolute atomic E-state index is 9.66. The second kappa shape index (κ2) is 8.87. The number of hydrogen-bond acceptors (Lipinski definition) is 4. The van der Waals surface area contributed by atoms with Crippen LogP contribution in [0.2, 0.25) is 0 Å². The van der Waals surface area contributed by atoms with Crippen molar-refractivity contribution in [2.75, 3.05) is 0 Å². The van der Waals surface area contributed by atoms with Gasteiger partial charge in [0.05, 0.1) is 32.7 Å². The zero-order valence-electron chi connectivity index (χ0n) is 16.7. The van der Waals surface area contributed by atoms with Crippen LogP contribution in [0.5, 0.6) is 5.75 Å². The molecule has 0 radical (unpaired) electrons. The molecule has 0 aliphatic carbocycles. The van der Waals surface area contributed by atoms with Crippen LogP contribution in [-0.2, 0) is 6.61 Å². The molecule has 1 N–H and O–H groups in total. The Bertz CT molecular complexity index is 1390. The summed E-state index contributed by atoms with van der Waals surface area (Å²) in [5.74, 6) is 1.19. The average molecular weight is 469 g/mol. The Balaban J connectivity index is 1.56. The van der Waals surface area contributed by atoms with Gasteiger partial charge in [-0.3, -0.25) is 0 Å². The number of hydrogen-bond donors (Lipinski definition) is 1. The Morgan fingerprint density at radius 1 is 1.13 bits per heavy atom. The number of aryl methyl sites for hydroxylation is 1. The first-order valence-corrected chi connectivity index (χ1v) is 10.4. The third-order valence-electron chi connectivity index (χ3n) is 4.80. The van der Waals surface area contributed by atoms with Crippen LogP contribution in [0.25, 0.3) is 22.7 Å². The van der Waals surface area contributed by atoms with Gasteiger partial charge in [-0.2, -0.15) is 10.5 Å². The minimum absolute atomic E-state index is 0.291. The van der Waals surface area contributed by atoms with Crippen LogP contribution in [0, 0.1) is 29.6 Å². The van der Waals surface area contributed by atoms with E-state index in [-0.39, 0.29) is 0 Å². The van der Waals surface area contributed by atoms with Crippen LogP contribution in [0.1, 0.15) is 28.1 Å². The average Bonchev–Trinajstić information content (AvgIpc) is 3.20. The predicted octanol–water partition coefficient (Wildman–Crippen LogP) is 6.15. The molecule has 0 unspecified atom stereocenters. The molecule has 1 heterocycles. The molecule has 0 saturated heterocycles. The molecular weight excluding hydrogens is 452 g/mol. The molecule has 31 heavy (non-hydrogen) atoms. The Hall–Kier alpha value is -3.87. The van der Waals surface area contributed by atoms with Crippen LogP contribution in [-0.4, -0.2) is 9.97 Å². The van der Waals surface area contributed by atoms with Crippen LogP contribution < -0.4 is 4.74 Å². The molecular formula is C25H17BrN4O. The van der Waals surface area contributed by atoms with Gasteiger partial charge >= 0.3 is 0 Å². The number of fused-ring (bicyclic) bond motifs is 1. The number of aromatic amines is 1. The molecule has 0 fully saturated rings. The number of halogens is 1. The number of benzene rings is 3. The monoisotopic (exact) mass is 468 g/mol. The van der Waals surface area contributed by atoms with Crippen molar-refractivity contribution >= 4 is 38.6 Å². The summed E-state index contributed by atoms with van der Waals surface area (Å²) in [5, 5.41) is 18.9. The fourth-order valence-electron chi connectivity index (χ4n) is 3.21. The largest absolute Gasteiger partial charge is 0.488 e. The number of imidazole rings is 1. The van der Waals surface area contributed by atoms with E-state index in [2.05, 4.69) is 38.0 Å². The minimum Gasteiger partial charge on any atom is -0.488 e. The molecule has 0 aliphatic rings. The van der Waals surface area contributed by atoms with Gasteiger partial charge in [0.25, 0.3) is 0 Å². The highest BCUT2D eigenvalue weighted by Gasteiger charge is 2.10. The van der Waals surface area contributed by atoms with Gasteiger partial charge in [-0.05, 0) is 70.4 Å². The Kier molecular flexibility index (Phi) is 5.84. The summed E-state index contributed by atoms with van der Waals surface area (Å²) in [4.78, 5) is 7.75. The summed E-state index contributed by atoms with van der Waals surface area (Å²) in [5.41, 5.74) is 5.55. The number of nitrogens with one attached hydrogen (secondary N) is 1. The summed E-state index contributed by atoms with van der Waals surface area (Å²) in [6.45, 7) is 2.31. The molecule has 0 bridgehead atoms. The summed E-state index contributed by atoms with van der Waals surface area (Å²) < 4.78 is 6.64. The number of nitriles is 2. The van der Waals surface area contributed by atoms with E-state index in [1.165, 1.54) is 0 Å². The molecule has 3 aromatic carbocycles. The van der Waals surface area contributed by atoms with Gasteiger partial charge in [0.15, 0.2) is 0 Å². The second-order valence-corrected chi connectivity index (χ2v) is 7.88. The lowest BCUT2D eigenvalue weighted by atomic mass is 10.1. The van der Waals surface area contributed by atoms with Gasteiger partial charge in [0.2, 0.25) is 0 Å². The van der Waals surface area contributed by atoms with Gasteiger partial charge in [0, 0.05) is 5.56 Å². The first-order chi connectivity index (χ1) is 15.1. The van der Waals surface area contributed by atoms with Crippen LogP contribution in [0.15, 0.2) is 65.1 Å². The molecule has 4 aromatic rings. The minimum atomic E-state index is 0.291. The first kappa shape index (κ1) is 20.4. The van der Waals surface area contributed by atoms with Gasteiger partial charge in [0.1, 0.15) is 24.3 Å². The lowest BCUT2D eigenvalue weighted by Gasteiger charge is -2.10. The van der Waals surface area contributed by atoms with Gasteiger partial charge in [-0.25, -0.2) is 4.98 Å². The van der Waals surface area contributed by atoms with Crippen molar-refractivity contribution in [3.63, 3.8) is 0 Å². The smallest absolute Gasteiger partial charge is 0.149 e. The van der Waals surface area contributed by atoms with E-state index < -0.39 is 0 Å². The molecule has 150 valence electrons. The van der Waals surface area contributed by atoms with E-state index in [0.717, 1.165) is 32.2 Å². The SMILES string of the molecule is Cc1ccc2nc(C(C#N)=Cc3ccc(OCc4ccccc4C#N)c(Br)c3)[nH]c2c1. The van der Waals surface area contributed by atoms with Crippen LogP contribution >= 0.6 is 15.9 Å². The molecule has 1 aromatic heterocycles. The van der Waals surface area contributed by atoms with Crippen molar-refractivity contribution in [2.24, 2.45) is 0 Å². The number of allylic oxidation sites excluding steroid dienone is 1. The number of H-pyrrole nitrogens is 1. The normalized spacial score (nSPS) is 11.2. The number of nitrogens with zero attached hydrogens (tertiary/aromatic N) is 3. The first-order valence-electron chi connectivity index (χ1n) is 9.56. The summed E-state index contributed by atoms with van der Waals surface area (Å²) >= 11 is 3.53. The van der Waals surface area contributed by atoms with Gasteiger partial charge in [-0.1, -0.05) is 30.3 Å². The standard InChI is InChI=1S/C25H17BrN4O/c1-16-6-8-22-23(10-16)30-25(29-22)20(14-28)11-17-7-9-24(21(26)12-17)31-15-19-5-3-2-4-18(19)13-27/h2-12H,15H2,1H3,(H,29,30). The molecule has 0 saturated carbocycles. The third-order valence-corrected chi connectivity index (χ3v) is 5.42. The van der Waals surface area contributed by atoms with E-state index in [9.17, 15) is 10.5 Å². The molecule has 0 spiro atoms. The van der Waals surface area contributed by atoms with E-state index in [1.807, 2.05) is 61.5 Å². The Morgan fingerprint density at radius 2 is 1.97 bits per heavy atom. The van der Waals surface area contributed by atoms with Crippen LogP contribution in [0.3, 0.4) is 0 Å². The lowest BCUT2D eigenvalue weighted by Crippen LogP contribution is -1.98. The third kappa shape index (κ3) is 4.50. The molecule has 0 amide bonds. The van der Waals surface area contributed by atoms with E-state index in [1.54, 1.807) is 12.1 Å². The van der Waals surface area contributed by atoms with Crippen molar-refractivity contribution < 1.29 is 4.74 Å². The second-order valence-electron chi connectivity index (χ2n) is 7.02. The Labute approximate surface area is 188 Å². The van der Waals surface area contributed by atoms with Crippen molar-refractivity contribution in [2.45, 2.75) is 13.5 Å². The lowest BCUT2D eigenvalue weighted by molar-refractivity contribution is 0.304. The maximum Gasteiger partial charge on any atom is 0.149 e. The summed E-state index contributed by atoms with van der Waals surface area (Å²) in [6, 6.07) is 23.3. The van der Waals surface area contributed by atoms with Gasteiger partial charge in [-0.15, -0.1) is 0 Å². The van der Waals surface area contributed by atoms with Crippen molar-refractivity contribution in [3.05, 3.63) is 93.2 Å². The highest BCUT2D eigenvalue weighted by molar-refractivity contribution is 9.10. The van der Waals surface area contributed by atoms with Crippen LogP contribution in [0.4, 0.5) is 0 Å². The zero-order valence-corrected chi connectivity index (χ0v) is 18.3. The van der Waals surface area contributed by atoms with Crippen molar-refractivity contribution in [3.8, 4) is 17.9 Å². The summed E-state index contributed by atoms with van der Waals surface area (Å²) in [6.07, 6.45) is 1.78.